The lowest BCUT2D eigenvalue weighted by atomic mass is 9.97. The first kappa shape index (κ1) is 18.0. The van der Waals surface area contributed by atoms with E-state index in [1.54, 1.807) is 23.5 Å². The summed E-state index contributed by atoms with van der Waals surface area (Å²) in [5, 5.41) is 13.7. The molecule has 0 aliphatic carbocycles. The van der Waals surface area contributed by atoms with E-state index in [2.05, 4.69) is 22.4 Å². The molecule has 138 valence electrons. The number of benzene rings is 2. The summed E-state index contributed by atoms with van der Waals surface area (Å²) >= 11 is 7.75. The molecular weight excluding hydrogens is 384 g/mol. The maximum atomic E-state index is 10.9. The minimum Gasteiger partial charge on any atom is -0.353 e. The van der Waals surface area contributed by atoms with Crippen molar-refractivity contribution in [1.82, 2.24) is 0 Å². The molecule has 0 saturated carbocycles. The van der Waals surface area contributed by atoms with E-state index >= 15 is 0 Å². The molecule has 3 aromatic rings. The van der Waals surface area contributed by atoms with E-state index in [-0.39, 0.29) is 22.8 Å². The van der Waals surface area contributed by atoms with Crippen molar-refractivity contribution in [1.29, 1.82) is 0 Å². The lowest BCUT2D eigenvalue weighted by molar-refractivity contribution is -0.384. The molecule has 0 unspecified atom stereocenters. The maximum Gasteiger partial charge on any atom is 0.269 e. The Kier molecular flexibility index (Phi) is 5.11. The maximum absolute atomic E-state index is 10.9. The van der Waals surface area contributed by atoms with Gasteiger partial charge in [-0.25, -0.2) is 0 Å². The first-order valence-electron chi connectivity index (χ1n) is 8.53. The number of hydrogen-bond acceptors (Lipinski definition) is 5. The van der Waals surface area contributed by atoms with Crippen LogP contribution in [0.2, 0.25) is 5.02 Å². The van der Waals surface area contributed by atoms with Crippen molar-refractivity contribution in [3.05, 3.63) is 91.6 Å². The second-order valence-electron chi connectivity index (χ2n) is 6.35. The van der Waals surface area contributed by atoms with Gasteiger partial charge in [0.05, 0.1) is 17.1 Å². The molecule has 0 radical (unpaired) electrons. The summed E-state index contributed by atoms with van der Waals surface area (Å²) in [7, 11) is 0. The Hall–Kier alpha value is -2.41. The SMILES string of the molecule is O=[N+]([O-])c1ccc([C@@H]2C[C@H](c3cccs3)N(c3ccc(Cl)cc3)CO2)cc1. The number of nitro groups is 1. The summed E-state index contributed by atoms with van der Waals surface area (Å²) < 4.78 is 6.12. The number of thiophene rings is 1. The minimum atomic E-state index is -0.387. The van der Waals surface area contributed by atoms with Crippen LogP contribution >= 0.6 is 22.9 Å². The summed E-state index contributed by atoms with van der Waals surface area (Å²) in [4.78, 5) is 14.0. The number of rotatable bonds is 4. The van der Waals surface area contributed by atoms with E-state index < -0.39 is 0 Å². The highest BCUT2D eigenvalue weighted by Gasteiger charge is 2.32. The molecule has 2 heterocycles. The van der Waals surface area contributed by atoms with E-state index in [1.165, 1.54) is 17.0 Å². The van der Waals surface area contributed by atoms with Crippen LogP contribution in [0.3, 0.4) is 0 Å². The zero-order chi connectivity index (χ0) is 18.8. The van der Waals surface area contributed by atoms with Gasteiger partial charge in [-0.15, -0.1) is 11.3 Å². The Morgan fingerprint density at radius 1 is 1.11 bits per heavy atom. The van der Waals surface area contributed by atoms with Crippen molar-refractivity contribution in [2.45, 2.75) is 18.6 Å². The minimum absolute atomic E-state index is 0.0900. The van der Waals surface area contributed by atoms with Gasteiger partial charge >= 0.3 is 0 Å². The van der Waals surface area contributed by atoms with Gasteiger partial charge in [-0.1, -0.05) is 17.7 Å². The van der Waals surface area contributed by atoms with Crippen LogP contribution < -0.4 is 4.90 Å². The van der Waals surface area contributed by atoms with Crippen molar-refractivity contribution >= 4 is 34.3 Å². The zero-order valence-corrected chi connectivity index (χ0v) is 15.9. The topological polar surface area (TPSA) is 55.6 Å². The summed E-state index contributed by atoms with van der Waals surface area (Å²) in [6.07, 6.45) is 0.655. The van der Waals surface area contributed by atoms with Crippen LogP contribution in [0, 0.1) is 10.1 Å². The number of ether oxygens (including phenoxy) is 1. The van der Waals surface area contributed by atoms with Crippen LogP contribution in [0.4, 0.5) is 11.4 Å². The molecule has 1 saturated heterocycles. The molecule has 4 rings (SSSR count). The lowest BCUT2D eigenvalue weighted by Crippen LogP contribution is -2.37. The number of halogens is 1. The summed E-state index contributed by atoms with van der Waals surface area (Å²) in [6, 6.07) is 18.7. The van der Waals surface area contributed by atoms with Crippen LogP contribution in [0.5, 0.6) is 0 Å². The molecule has 2 aromatic carbocycles. The fraction of sp³-hybridized carbons (Fsp3) is 0.200. The fourth-order valence-electron chi connectivity index (χ4n) is 3.34. The van der Waals surface area contributed by atoms with E-state index in [0.717, 1.165) is 17.7 Å². The molecule has 27 heavy (non-hydrogen) atoms. The van der Waals surface area contributed by atoms with Crippen molar-refractivity contribution in [2.75, 3.05) is 11.6 Å². The third kappa shape index (κ3) is 3.83. The summed E-state index contributed by atoms with van der Waals surface area (Å²) in [5.41, 5.74) is 2.10. The molecule has 1 aromatic heterocycles. The number of anilines is 1. The Morgan fingerprint density at radius 3 is 2.48 bits per heavy atom. The van der Waals surface area contributed by atoms with E-state index in [4.69, 9.17) is 16.3 Å². The van der Waals surface area contributed by atoms with Crippen LogP contribution in [0.15, 0.2) is 66.0 Å². The molecule has 0 N–H and O–H groups in total. The molecule has 1 aliphatic rings. The summed E-state index contributed by atoms with van der Waals surface area (Å²) in [6.45, 7) is 0.436. The van der Waals surface area contributed by atoms with Crippen LogP contribution in [-0.2, 0) is 4.74 Å². The number of nitro benzene ring substituents is 1. The Labute approximate surface area is 165 Å². The highest BCUT2D eigenvalue weighted by atomic mass is 35.5. The van der Waals surface area contributed by atoms with Gasteiger partial charge in [0.2, 0.25) is 0 Å². The third-order valence-electron chi connectivity index (χ3n) is 4.73. The molecular formula is C20H17ClN2O3S. The first-order chi connectivity index (χ1) is 13.1. The highest BCUT2D eigenvalue weighted by Crippen LogP contribution is 2.42. The number of non-ortho nitro benzene ring substituents is 1. The zero-order valence-electron chi connectivity index (χ0n) is 14.3. The van der Waals surface area contributed by atoms with Gasteiger partial charge in [0, 0.05) is 34.1 Å². The second kappa shape index (κ2) is 7.68. The van der Waals surface area contributed by atoms with Gasteiger partial charge in [-0.3, -0.25) is 10.1 Å². The predicted molar refractivity (Wildman–Crippen MR) is 107 cm³/mol. The molecule has 0 bridgehead atoms. The Bertz CT molecular complexity index is 913. The second-order valence-corrected chi connectivity index (χ2v) is 7.76. The standard InChI is InChI=1S/C20H17ClN2O3S/c21-15-5-9-16(10-6-15)22-13-26-19(12-18(22)20-2-1-11-27-20)14-3-7-17(8-4-14)23(24)25/h1-11,18-19H,12-13H2/t18-,19+/m1/s1. The normalized spacial score (nSPS) is 19.8. The molecule has 5 nitrogen and oxygen atoms in total. The van der Waals surface area contributed by atoms with Gasteiger partial charge in [0.15, 0.2) is 0 Å². The quantitative estimate of drug-likeness (QED) is 0.399. The van der Waals surface area contributed by atoms with Gasteiger partial charge in [-0.2, -0.15) is 0 Å². The average molecular weight is 401 g/mol. The van der Waals surface area contributed by atoms with Crippen molar-refractivity contribution in [2.24, 2.45) is 0 Å². The van der Waals surface area contributed by atoms with Crippen LogP contribution in [-0.4, -0.2) is 11.7 Å². The number of nitrogens with zero attached hydrogens (tertiary/aromatic N) is 2. The average Bonchev–Trinajstić information content (AvgIpc) is 3.23. The van der Waals surface area contributed by atoms with Crippen molar-refractivity contribution in [3.63, 3.8) is 0 Å². The monoisotopic (exact) mass is 400 g/mol. The molecule has 0 amide bonds. The Morgan fingerprint density at radius 2 is 1.85 bits per heavy atom. The van der Waals surface area contributed by atoms with Crippen LogP contribution in [0.1, 0.15) is 29.0 Å². The molecule has 0 spiro atoms. The van der Waals surface area contributed by atoms with Gasteiger partial charge in [-0.05, 0) is 53.4 Å². The largest absolute Gasteiger partial charge is 0.353 e. The van der Waals surface area contributed by atoms with Crippen molar-refractivity contribution < 1.29 is 9.66 Å². The van der Waals surface area contributed by atoms with Gasteiger partial charge in [0.25, 0.3) is 5.69 Å². The molecule has 1 aliphatic heterocycles. The predicted octanol–water partition coefficient (Wildman–Crippen LogP) is 5.98. The van der Waals surface area contributed by atoms with E-state index in [0.29, 0.717) is 11.8 Å². The van der Waals surface area contributed by atoms with Crippen molar-refractivity contribution in [3.8, 4) is 0 Å². The molecule has 2 atom stereocenters. The van der Waals surface area contributed by atoms with Gasteiger partial charge in [0.1, 0.15) is 6.73 Å². The fourth-order valence-corrected chi connectivity index (χ4v) is 4.32. The van der Waals surface area contributed by atoms with E-state index in [9.17, 15) is 10.1 Å². The molecule has 7 heteroatoms. The lowest BCUT2D eigenvalue weighted by Gasteiger charge is -2.40. The number of hydrogen-bond donors (Lipinski definition) is 0. The Balaban J connectivity index is 1.61. The first-order valence-corrected chi connectivity index (χ1v) is 9.79. The van der Waals surface area contributed by atoms with E-state index in [1.807, 2.05) is 24.3 Å². The smallest absolute Gasteiger partial charge is 0.269 e. The van der Waals surface area contributed by atoms with Gasteiger partial charge < -0.3 is 9.64 Å². The molecule has 1 fully saturated rings. The van der Waals surface area contributed by atoms with Crippen LogP contribution in [0.25, 0.3) is 0 Å². The third-order valence-corrected chi connectivity index (χ3v) is 5.96. The highest BCUT2D eigenvalue weighted by molar-refractivity contribution is 7.10. The summed E-state index contributed by atoms with van der Waals surface area (Å²) in [5.74, 6) is 0.